The summed E-state index contributed by atoms with van der Waals surface area (Å²) >= 11 is 0. The van der Waals surface area contributed by atoms with E-state index in [4.69, 9.17) is 9.84 Å². The van der Waals surface area contributed by atoms with Crippen molar-refractivity contribution in [2.75, 3.05) is 11.5 Å². The predicted octanol–water partition coefficient (Wildman–Crippen LogP) is 1.19. The zero-order valence-electron chi connectivity index (χ0n) is 10.6. The topological polar surface area (TPSA) is 80.7 Å². The zero-order valence-corrected chi connectivity index (χ0v) is 11.4. The minimum Gasteiger partial charge on any atom is -0.489 e. The number of aryl methyl sites for hydroxylation is 1. The molecule has 0 saturated heterocycles. The summed E-state index contributed by atoms with van der Waals surface area (Å²) in [5.74, 6) is -0.843. The molecule has 0 saturated carbocycles. The largest absolute Gasteiger partial charge is 0.489 e. The van der Waals surface area contributed by atoms with Crippen molar-refractivity contribution in [1.29, 1.82) is 0 Å². The maximum atomic E-state index is 11.8. The Bertz CT molecular complexity index is 591. The molecule has 1 aliphatic rings. The van der Waals surface area contributed by atoms with Crippen molar-refractivity contribution in [3.63, 3.8) is 0 Å². The van der Waals surface area contributed by atoms with Crippen molar-refractivity contribution in [3.8, 4) is 5.75 Å². The second-order valence-electron chi connectivity index (χ2n) is 4.81. The van der Waals surface area contributed by atoms with Gasteiger partial charge in [-0.3, -0.25) is 4.79 Å². The molecule has 0 amide bonds. The summed E-state index contributed by atoms with van der Waals surface area (Å²) in [6.07, 6.45) is -0.208. The van der Waals surface area contributed by atoms with E-state index in [-0.39, 0.29) is 17.9 Å². The molecule has 1 N–H and O–H groups in total. The minimum absolute atomic E-state index is 0.131. The summed E-state index contributed by atoms with van der Waals surface area (Å²) in [4.78, 5) is 10.4. The average Bonchev–Trinajstić information content (AvgIpc) is 2.67. The van der Waals surface area contributed by atoms with Gasteiger partial charge in [0.1, 0.15) is 11.9 Å². The Morgan fingerprint density at radius 1 is 1.47 bits per heavy atom. The fourth-order valence-electron chi connectivity index (χ4n) is 2.15. The van der Waals surface area contributed by atoms with Crippen LogP contribution in [-0.2, 0) is 21.1 Å². The van der Waals surface area contributed by atoms with E-state index in [1.165, 1.54) is 0 Å². The Balaban J connectivity index is 1.98. The first-order chi connectivity index (χ1) is 8.85. The Morgan fingerprint density at radius 3 is 2.89 bits per heavy atom. The van der Waals surface area contributed by atoms with Gasteiger partial charge >= 0.3 is 5.97 Å². The van der Waals surface area contributed by atoms with Crippen molar-refractivity contribution in [2.45, 2.75) is 25.9 Å². The maximum Gasteiger partial charge on any atom is 0.304 e. The Morgan fingerprint density at radius 2 is 2.21 bits per heavy atom. The van der Waals surface area contributed by atoms with Gasteiger partial charge in [0.25, 0.3) is 0 Å². The number of aliphatic carboxylic acids is 1. The standard InChI is InChI=1S/C13H16O5S/c1-9-2-3-12-10(6-9)7-11(18-12)8-19(16,17)5-4-13(14)15/h2-3,6,11H,4-5,7-8H2,1H3,(H,14,15). The number of rotatable bonds is 5. The van der Waals surface area contributed by atoms with E-state index in [0.717, 1.165) is 16.9 Å². The van der Waals surface area contributed by atoms with Gasteiger partial charge in [-0.2, -0.15) is 0 Å². The van der Waals surface area contributed by atoms with Crippen LogP contribution < -0.4 is 4.74 Å². The van der Waals surface area contributed by atoms with Crippen molar-refractivity contribution >= 4 is 15.8 Å². The quantitative estimate of drug-likeness (QED) is 0.878. The Kier molecular flexibility index (Phi) is 3.80. The van der Waals surface area contributed by atoms with Gasteiger partial charge in [0.15, 0.2) is 9.84 Å². The molecule has 2 rings (SSSR count). The third-order valence-electron chi connectivity index (χ3n) is 3.02. The average molecular weight is 284 g/mol. The maximum absolute atomic E-state index is 11.8. The monoisotopic (exact) mass is 284 g/mol. The molecule has 1 aromatic rings. The lowest BCUT2D eigenvalue weighted by Crippen LogP contribution is -2.27. The highest BCUT2D eigenvalue weighted by Gasteiger charge is 2.28. The number of benzene rings is 1. The van der Waals surface area contributed by atoms with Gasteiger partial charge in [-0.05, 0) is 18.6 Å². The van der Waals surface area contributed by atoms with Crippen LogP contribution in [-0.4, -0.2) is 37.1 Å². The Labute approximate surface area is 112 Å². The Hall–Kier alpha value is -1.56. The molecule has 19 heavy (non-hydrogen) atoms. The molecule has 0 aromatic heterocycles. The third-order valence-corrected chi connectivity index (χ3v) is 4.73. The first kappa shape index (κ1) is 13.9. The van der Waals surface area contributed by atoms with Crippen molar-refractivity contribution in [2.24, 2.45) is 0 Å². The van der Waals surface area contributed by atoms with E-state index in [2.05, 4.69) is 0 Å². The van der Waals surface area contributed by atoms with Crippen LogP contribution >= 0.6 is 0 Å². The van der Waals surface area contributed by atoms with Gasteiger partial charge < -0.3 is 9.84 Å². The molecular weight excluding hydrogens is 268 g/mol. The van der Waals surface area contributed by atoms with E-state index in [0.29, 0.717) is 6.42 Å². The van der Waals surface area contributed by atoms with Gasteiger partial charge in [0, 0.05) is 6.42 Å². The van der Waals surface area contributed by atoms with Crippen LogP contribution in [0, 0.1) is 6.92 Å². The number of hydrogen-bond acceptors (Lipinski definition) is 4. The number of sulfone groups is 1. The molecule has 1 aliphatic heterocycles. The van der Waals surface area contributed by atoms with Crippen LogP contribution in [0.15, 0.2) is 18.2 Å². The van der Waals surface area contributed by atoms with Gasteiger partial charge in [-0.25, -0.2) is 8.42 Å². The lowest BCUT2D eigenvalue weighted by atomic mass is 10.1. The van der Waals surface area contributed by atoms with Gasteiger partial charge in [-0.15, -0.1) is 0 Å². The van der Waals surface area contributed by atoms with Crippen LogP contribution in [0.5, 0.6) is 5.75 Å². The zero-order chi connectivity index (χ0) is 14.0. The molecule has 104 valence electrons. The smallest absolute Gasteiger partial charge is 0.304 e. The molecule has 1 aromatic carbocycles. The number of fused-ring (bicyclic) bond motifs is 1. The highest BCUT2D eigenvalue weighted by molar-refractivity contribution is 7.91. The molecule has 0 radical (unpaired) electrons. The first-order valence-corrected chi connectivity index (χ1v) is 7.86. The van der Waals surface area contributed by atoms with Crippen LogP contribution in [0.1, 0.15) is 17.5 Å². The molecule has 1 unspecified atom stereocenters. The lowest BCUT2D eigenvalue weighted by Gasteiger charge is -2.10. The molecule has 6 heteroatoms. The summed E-state index contributed by atoms with van der Waals surface area (Å²) < 4.78 is 29.1. The van der Waals surface area contributed by atoms with Crippen molar-refractivity contribution in [3.05, 3.63) is 29.3 Å². The molecule has 0 aliphatic carbocycles. The van der Waals surface area contributed by atoms with Crippen LogP contribution in [0.4, 0.5) is 0 Å². The number of carbonyl (C=O) groups is 1. The third kappa shape index (κ3) is 3.70. The van der Waals surface area contributed by atoms with Gasteiger partial charge in [0.05, 0.1) is 17.9 Å². The van der Waals surface area contributed by atoms with Crippen LogP contribution in [0.25, 0.3) is 0 Å². The molecular formula is C13H16O5S. The molecule has 1 atom stereocenters. The minimum atomic E-state index is -3.39. The SMILES string of the molecule is Cc1ccc2c(c1)CC(CS(=O)(=O)CCC(=O)O)O2. The normalized spacial score (nSPS) is 17.8. The van der Waals surface area contributed by atoms with Gasteiger partial charge in [0.2, 0.25) is 0 Å². The van der Waals surface area contributed by atoms with E-state index in [1.807, 2.05) is 25.1 Å². The molecule has 0 spiro atoms. The highest BCUT2D eigenvalue weighted by atomic mass is 32.2. The van der Waals surface area contributed by atoms with E-state index < -0.39 is 21.9 Å². The summed E-state index contributed by atoms with van der Waals surface area (Å²) in [6.45, 7) is 1.97. The fraction of sp³-hybridized carbons (Fsp3) is 0.462. The second kappa shape index (κ2) is 5.21. The predicted molar refractivity (Wildman–Crippen MR) is 70.2 cm³/mol. The molecule has 1 heterocycles. The van der Waals surface area contributed by atoms with E-state index in [1.54, 1.807) is 0 Å². The first-order valence-electron chi connectivity index (χ1n) is 6.04. The molecule has 5 nitrogen and oxygen atoms in total. The molecule has 0 fully saturated rings. The van der Waals surface area contributed by atoms with Crippen LogP contribution in [0.2, 0.25) is 0 Å². The van der Waals surface area contributed by atoms with E-state index in [9.17, 15) is 13.2 Å². The van der Waals surface area contributed by atoms with Crippen molar-refractivity contribution in [1.82, 2.24) is 0 Å². The number of ether oxygens (including phenoxy) is 1. The lowest BCUT2D eigenvalue weighted by molar-refractivity contribution is -0.136. The summed E-state index contributed by atoms with van der Waals surface area (Å²) in [5, 5.41) is 8.51. The van der Waals surface area contributed by atoms with Crippen molar-refractivity contribution < 1.29 is 23.1 Å². The second-order valence-corrected chi connectivity index (χ2v) is 7.04. The van der Waals surface area contributed by atoms with Gasteiger partial charge in [-0.1, -0.05) is 17.7 Å². The number of carboxylic acid groups (broad SMARTS) is 1. The van der Waals surface area contributed by atoms with Crippen LogP contribution in [0.3, 0.4) is 0 Å². The highest BCUT2D eigenvalue weighted by Crippen LogP contribution is 2.30. The summed E-state index contributed by atoms with van der Waals surface area (Å²) in [6, 6.07) is 5.74. The van der Waals surface area contributed by atoms with E-state index >= 15 is 0 Å². The fourth-order valence-corrected chi connectivity index (χ4v) is 3.56. The summed E-state index contributed by atoms with van der Waals surface area (Å²) in [7, 11) is -3.39. The molecule has 0 bridgehead atoms. The number of hydrogen-bond donors (Lipinski definition) is 1. The number of carboxylic acids is 1. The summed E-state index contributed by atoms with van der Waals surface area (Å²) in [5.41, 5.74) is 2.12.